The van der Waals surface area contributed by atoms with Crippen LogP contribution in [0, 0.1) is 0 Å². The van der Waals surface area contributed by atoms with Gasteiger partial charge in [0.15, 0.2) is 0 Å². The van der Waals surface area contributed by atoms with Gasteiger partial charge in [-0.05, 0) is 52.3 Å². The van der Waals surface area contributed by atoms with Gasteiger partial charge in [-0.1, -0.05) is 23.2 Å². The van der Waals surface area contributed by atoms with Crippen molar-refractivity contribution in [3.05, 3.63) is 56.5 Å². The maximum absolute atomic E-state index is 12.1. The highest BCUT2D eigenvalue weighted by atomic mass is 79.9. The summed E-state index contributed by atoms with van der Waals surface area (Å²) in [6, 6.07) is 9.86. The van der Waals surface area contributed by atoms with Gasteiger partial charge in [-0.25, -0.2) is 0 Å². The zero-order valence-electron chi connectivity index (χ0n) is 9.58. The molecule has 0 aliphatic rings. The number of rotatable bonds is 2. The predicted molar refractivity (Wildman–Crippen MR) is 83.0 cm³/mol. The van der Waals surface area contributed by atoms with E-state index < -0.39 is 0 Å². The number of halogens is 3. The summed E-state index contributed by atoms with van der Waals surface area (Å²) in [5, 5.41) is 3.59. The lowest BCUT2D eigenvalue weighted by Crippen LogP contribution is -2.13. The van der Waals surface area contributed by atoms with Gasteiger partial charge >= 0.3 is 0 Å². The van der Waals surface area contributed by atoms with E-state index in [0.717, 1.165) is 0 Å². The zero-order valence-corrected chi connectivity index (χ0v) is 12.7. The highest BCUT2D eigenvalue weighted by Gasteiger charge is 2.12. The molecule has 0 saturated carbocycles. The summed E-state index contributed by atoms with van der Waals surface area (Å²) in [6.45, 7) is 0. The highest BCUT2D eigenvalue weighted by Crippen LogP contribution is 2.27. The number of anilines is 2. The average Bonchev–Trinajstić information content (AvgIpc) is 2.35. The molecule has 2 rings (SSSR count). The number of benzene rings is 2. The Hall–Kier alpha value is -1.23. The molecule has 0 aliphatic carbocycles. The Kier molecular flexibility index (Phi) is 4.34. The Bertz CT molecular complexity index is 647. The minimum Gasteiger partial charge on any atom is -0.399 e. The molecular formula is C13H9BrCl2N2O. The molecule has 0 spiro atoms. The van der Waals surface area contributed by atoms with E-state index in [2.05, 4.69) is 21.2 Å². The van der Waals surface area contributed by atoms with E-state index in [-0.39, 0.29) is 5.91 Å². The molecule has 19 heavy (non-hydrogen) atoms. The molecule has 0 radical (unpaired) electrons. The molecule has 3 nitrogen and oxygen atoms in total. The first-order valence-electron chi connectivity index (χ1n) is 5.29. The van der Waals surface area contributed by atoms with Gasteiger partial charge in [0.25, 0.3) is 5.91 Å². The van der Waals surface area contributed by atoms with Crippen molar-refractivity contribution in [2.24, 2.45) is 0 Å². The molecule has 6 heteroatoms. The molecule has 0 heterocycles. The van der Waals surface area contributed by atoms with Crippen LogP contribution in [-0.4, -0.2) is 5.91 Å². The van der Waals surface area contributed by atoms with Gasteiger partial charge in [0.1, 0.15) is 0 Å². The standard InChI is InChI=1S/C13H9BrCl2N2O/c14-10-3-2-8(17)6-9(10)13(19)18-12-4-1-7(15)5-11(12)16/h1-6H,17H2,(H,18,19). The van der Waals surface area contributed by atoms with Crippen LogP contribution < -0.4 is 11.1 Å². The second kappa shape index (κ2) is 5.82. The Labute approximate surface area is 128 Å². The number of nitrogens with two attached hydrogens (primary N) is 1. The summed E-state index contributed by atoms with van der Waals surface area (Å²) in [4.78, 5) is 12.1. The second-order valence-corrected chi connectivity index (χ2v) is 5.52. The fourth-order valence-electron chi connectivity index (χ4n) is 1.50. The molecule has 0 aromatic heterocycles. The molecule has 0 unspecified atom stereocenters. The number of nitrogen functional groups attached to an aromatic ring is 1. The number of amides is 1. The number of hydrogen-bond donors (Lipinski definition) is 2. The molecule has 0 saturated heterocycles. The lowest BCUT2D eigenvalue weighted by atomic mass is 10.2. The predicted octanol–water partition coefficient (Wildman–Crippen LogP) is 4.59. The Morgan fingerprint density at radius 1 is 1.16 bits per heavy atom. The normalized spacial score (nSPS) is 10.3. The molecule has 1 amide bonds. The average molecular weight is 360 g/mol. The Morgan fingerprint density at radius 2 is 1.89 bits per heavy atom. The first-order valence-corrected chi connectivity index (χ1v) is 6.83. The van der Waals surface area contributed by atoms with Crippen LogP contribution in [0.5, 0.6) is 0 Å². The van der Waals surface area contributed by atoms with Gasteiger partial charge in [0.2, 0.25) is 0 Å². The number of carbonyl (C=O) groups is 1. The van der Waals surface area contributed by atoms with E-state index in [1.807, 2.05) is 0 Å². The topological polar surface area (TPSA) is 55.1 Å². The van der Waals surface area contributed by atoms with Gasteiger partial charge in [0, 0.05) is 15.2 Å². The molecule has 0 aliphatic heterocycles. The van der Waals surface area contributed by atoms with Crippen LogP contribution >= 0.6 is 39.1 Å². The van der Waals surface area contributed by atoms with Crippen molar-refractivity contribution in [1.29, 1.82) is 0 Å². The number of carbonyl (C=O) groups excluding carboxylic acids is 1. The third kappa shape index (κ3) is 3.41. The van der Waals surface area contributed by atoms with Crippen molar-refractivity contribution in [3.8, 4) is 0 Å². The summed E-state index contributed by atoms with van der Waals surface area (Å²) in [5.41, 5.74) is 7.10. The molecule has 3 N–H and O–H groups in total. The quantitative estimate of drug-likeness (QED) is 0.770. The van der Waals surface area contributed by atoms with E-state index in [4.69, 9.17) is 28.9 Å². The lowest BCUT2D eigenvalue weighted by molar-refractivity contribution is 0.102. The van der Waals surface area contributed by atoms with Gasteiger partial charge in [-0.2, -0.15) is 0 Å². The van der Waals surface area contributed by atoms with Gasteiger partial charge < -0.3 is 11.1 Å². The van der Waals surface area contributed by atoms with Crippen LogP contribution in [0.25, 0.3) is 0 Å². The van der Waals surface area contributed by atoms with Gasteiger partial charge in [-0.15, -0.1) is 0 Å². The van der Waals surface area contributed by atoms with Crippen molar-refractivity contribution >= 4 is 56.4 Å². The van der Waals surface area contributed by atoms with Crippen molar-refractivity contribution < 1.29 is 4.79 Å². The SMILES string of the molecule is Nc1ccc(Br)c(C(=O)Nc2ccc(Cl)cc2Cl)c1. The maximum atomic E-state index is 12.1. The first kappa shape index (κ1) is 14.2. The first-order chi connectivity index (χ1) is 8.97. The van der Waals surface area contributed by atoms with E-state index in [1.54, 1.807) is 36.4 Å². The van der Waals surface area contributed by atoms with Gasteiger partial charge in [0.05, 0.1) is 16.3 Å². The van der Waals surface area contributed by atoms with Crippen LogP contribution in [0.3, 0.4) is 0 Å². The molecule has 0 fully saturated rings. The van der Waals surface area contributed by atoms with Crippen LogP contribution in [0.2, 0.25) is 10.0 Å². The summed E-state index contributed by atoms with van der Waals surface area (Å²) in [5.74, 6) is -0.302. The minimum atomic E-state index is -0.302. The summed E-state index contributed by atoms with van der Waals surface area (Å²) < 4.78 is 0.657. The third-order valence-corrected chi connectivity index (χ3v) is 3.65. The van der Waals surface area contributed by atoms with Crippen LogP contribution in [0.15, 0.2) is 40.9 Å². The van der Waals surface area contributed by atoms with E-state index >= 15 is 0 Å². The molecule has 2 aromatic carbocycles. The fraction of sp³-hybridized carbons (Fsp3) is 0. The summed E-state index contributed by atoms with van der Waals surface area (Å²) in [6.07, 6.45) is 0. The third-order valence-electron chi connectivity index (χ3n) is 2.41. The number of hydrogen-bond acceptors (Lipinski definition) is 2. The van der Waals surface area contributed by atoms with Crippen molar-refractivity contribution in [2.45, 2.75) is 0 Å². The molecule has 98 valence electrons. The molecule has 0 atom stereocenters. The summed E-state index contributed by atoms with van der Waals surface area (Å²) >= 11 is 15.1. The monoisotopic (exact) mass is 358 g/mol. The van der Waals surface area contributed by atoms with Crippen LogP contribution in [0.1, 0.15) is 10.4 Å². The molecular weight excluding hydrogens is 351 g/mol. The zero-order chi connectivity index (χ0) is 14.0. The van der Waals surface area contributed by atoms with E-state index in [9.17, 15) is 4.79 Å². The van der Waals surface area contributed by atoms with E-state index in [1.165, 1.54) is 0 Å². The molecule has 0 bridgehead atoms. The van der Waals surface area contributed by atoms with E-state index in [0.29, 0.717) is 31.5 Å². The van der Waals surface area contributed by atoms with Crippen molar-refractivity contribution in [3.63, 3.8) is 0 Å². The lowest BCUT2D eigenvalue weighted by Gasteiger charge is -2.09. The number of nitrogens with one attached hydrogen (secondary N) is 1. The Balaban J connectivity index is 2.28. The van der Waals surface area contributed by atoms with Gasteiger partial charge in [-0.3, -0.25) is 4.79 Å². The molecule has 2 aromatic rings. The second-order valence-electron chi connectivity index (χ2n) is 3.82. The Morgan fingerprint density at radius 3 is 2.58 bits per heavy atom. The summed E-state index contributed by atoms with van der Waals surface area (Å²) in [7, 11) is 0. The fourth-order valence-corrected chi connectivity index (χ4v) is 2.38. The van der Waals surface area contributed by atoms with Crippen LogP contribution in [-0.2, 0) is 0 Å². The highest BCUT2D eigenvalue weighted by molar-refractivity contribution is 9.10. The smallest absolute Gasteiger partial charge is 0.256 e. The van der Waals surface area contributed by atoms with Crippen LogP contribution in [0.4, 0.5) is 11.4 Å². The minimum absolute atomic E-state index is 0.302. The maximum Gasteiger partial charge on any atom is 0.256 e. The largest absolute Gasteiger partial charge is 0.399 e. The van der Waals surface area contributed by atoms with Crippen molar-refractivity contribution in [1.82, 2.24) is 0 Å². The van der Waals surface area contributed by atoms with Crippen molar-refractivity contribution in [2.75, 3.05) is 11.1 Å².